The molecular formula is C24H23N3O5S. The second-order valence-electron chi connectivity index (χ2n) is 7.73. The van der Waals surface area contributed by atoms with E-state index in [1.165, 1.54) is 24.3 Å². The van der Waals surface area contributed by atoms with Crippen molar-refractivity contribution in [1.29, 1.82) is 0 Å². The summed E-state index contributed by atoms with van der Waals surface area (Å²) in [5.41, 5.74) is 4.51. The maximum Gasteiger partial charge on any atom is 0.266 e. The SMILES string of the molecule is Cc1ccc([C@H](C(=O)NO)N(Cc2ccc3[nH]ccc3c2)S(=O)(=O)c2ccc(O)cc2)cc1. The van der Waals surface area contributed by atoms with Gasteiger partial charge >= 0.3 is 0 Å². The first-order valence-electron chi connectivity index (χ1n) is 10.2. The number of H-pyrrole nitrogens is 1. The highest BCUT2D eigenvalue weighted by Crippen LogP contribution is 2.31. The third-order valence-corrected chi connectivity index (χ3v) is 7.26. The van der Waals surface area contributed by atoms with E-state index in [1.807, 2.05) is 25.1 Å². The van der Waals surface area contributed by atoms with E-state index in [2.05, 4.69) is 4.98 Å². The predicted molar refractivity (Wildman–Crippen MR) is 123 cm³/mol. The van der Waals surface area contributed by atoms with Crippen molar-refractivity contribution in [3.05, 3.63) is 95.7 Å². The van der Waals surface area contributed by atoms with Gasteiger partial charge in [0.05, 0.1) is 4.90 Å². The van der Waals surface area contributed by atoms with Crippen molar-refractivity contribution >= 4 is 26.8 Å². The van der Waals surface area contributed by atoms with Gasteiger partial charge in [0, 0.05) is 18.3 Å². The molecule has 0 bridgehead atoms. The van der Waals surface area contributed by atoms with Gasteiger partial charge in [0.25, 0.3) is 5.91 Å². The Kier molecular flexibility index (Phi) is 6.19. The van der Waals surface area contributed by atoms with Gasteiger partial charge < -0.3 is 10.1 Å². The van der Waals surface area contributed by atoms with Crippen LogP contribution in [0.15, 0.2) is 83.9 Å². The number of carbonyl (C=O) groups excluding carboxylic acids is 1. The van der Waals surface area contributed by atoms with E-state index in [9.17, 15) is 23.5 Å². The number of carbonyl (C=O) groups is 1. The van der Waals surface area contributed by atoms with Crippen molar-refractivity contribution in [2.24, 2.45) is 0 Å². The fourth-order valence-corrected chi connectivity index (χ4v) is 5.27. The first-order valence-corrected chi connectivity index (χ1v) is 11.6. The molecule has 0 saturated heterocycles. The van der Waals surface area contributed by atoms with Gasteiger partial charge in [0.1, 0.15) is 11.8 Å². The predicted octanol–water partition coefficient (Wildman–Crippen LogP) is 3.62. The summed E-state index contributed by atoms with van der Waals surface area (Å²) >= 11 is 0. The van der Waals surface area contributed by atoms with Crippen LogP contribution < -0.4 is 5.48 Å². The molecule has 0 fully saturated rings. The van der Waals surface area contributed by atoms with Crippen LogP contribution in [0, 0.1) is 6.92 Å². The monoisotopic (exact) mass is 465 g/mol. The highest BCUT2D eigenvalue weighted by Gasteiger charge is 2.37. The fourth-order valence-electron chi connectivity index (χ4n) is 3.71. The molecule has 4 N–H and O–H groups in total. The van der Waals surface area contributed by atoms with Crippen molar-refractivity contribution in [3.8, 4) is 5.75 Å². The smallest absolute Gasteiger partial charge is 0.266 e. The lowest BCUT2D eigenvalue weighted by molar-refractivity contribution is -0.133. The lowest BCUT2D eigenvalue weighted by atomic mass is 10.0. The summed E-state index contributed by atoms with van der Waals surface area (Å²) in [7, 11) is -4.23. The Morgan fingerprint density at radius 3 is 2.39 bits per heavy atom. The van der Waals surface area contributed by atoms with Crippen LogP contribution in [0.5, 0.6) is 5.75 Å². The number of phenols is 1. The summed E-state index contributed by atoms with van der Waals surface area (Å²) < 4.78 is 28.5. The minimum Gasteiger partial charge on any atom is -0.508 e. The number of sulfonamides is 1. The number of aromatic hydroxyl groups is 1. The lowest BCUT2D eigenvalue weighted by Gasteiger charge is -2.30. The average Bonchev–Trinajstić information content (AvgIpc) is 3.28. The number of fused-ring (bicyclic) bond motifs is 1. The molecular weight excluding hydrogens is 442 g/mol. The molecule has 0 spiro atoms. The third kappa shape index (κ3) is 4.61. The van der Waals surface area contributed by atoms with E-state index in [0.717, 1.165) is 20.8 Å². The molecule has 0 aliphatic rings. The van der Waals surface area contributed by atoms with Gasteiger partial charge in [-0.15, -0.1) is 0 Å². The Labute approximate surface area is 191 Å². The quantitative estimate of drug-likeness (QED) is 0.245. The van der Waals surface area contributed by atoms with Crippen LogP contribution in [0.25, 0.3) is 10.9 Å². The normalized spacial score (nSPS) is 12.7. The molecule has 4 rings (SSSR count). The number of benzene rings is 3. The summed E-state index contributed by atoms with van der Waals surface area (Å²) in [5.74, 6) is -0.967. The number of aryl methyl sites for hydroxylation is 1. The largest absolute Gasteiger partial charge is 0.508 e. The number of aromatic amines is 1. The van der Waals surface area contributed by atoms with Crippen molar-refractivity contribution in [2.75, 3.05) is 0 Å². The van der Waals surface area contributed by atoms with E-state index in [0.29, 0.717) is 11.1 Å². The Balaban J connectivity index is 1.86. The molecule has 0 radical (unpaired) electrons. The minimum atomic E-state index is -4.23. The zero-order valence-electron chi connectivity index (χ0n) is 17.8. The van der Waals surface area contributed by atoms with Crippen LogP contribution in [0.3, 0.4) is 0 Å². The van der Waals surface area contributed by atoms with Crippen molar-refractivity contribution < 1.29 is 23.5 Å². The highest BCUT2D eigenvalue weighted by atomic mass is 32.2. The van der Waals surface area contributed by atoms with Crippen molar-refractivity contribution in [1.82, 2.24) is 14.8 Å². The molecule has 0 aliphatic carbocycles. The second kappa shape index (κ2) is 9.07. The number of phenolic OH excluding ortho intramolecular Hbond substituents is 1. The van der Waals surface area contributed by atoms with Crippen LogP contribution in [-0.4, -0.2) is 33.9 Å². The maximum absolute atomic E-state index is 13.7. The van der Waals surface area contributed by atoms with E-state index < -0.39 is 22.0 Å². The number of hydrogen-bond donors (Lipinski definition) is 4. The molecule has 0 unspecified atom stereocenters. The van der Waals surface area contributed by atoms with Gasteiger partial charge in [-0.25, -0.2) is 13.9 Å². The number of hydroxylamine groups is 1. The van der Waals surface area contributed by atoms with Gasteiger partial charge in [-0.3, -0.25) is 10.0 Å². The Morgan fingerprint density at radius 1 is 1.03 bits per heavy atom. The zero-order valence-corrected chi connectivity index (χ0v) is 18.6. The number of amides is 1. The molecule has 33 heavy (non-hydrogen) atoms. The molecule has 170 valence electrons. The standard InChI is InChI=1S/C24H23N3O5S/c1-16-2-5-18(6-3-16)23(24(29)26-30)27(33(31,32)21-9-7-20(28)8-10-21)15-17-4-11-22-19(14-17)12-13-25-22/h2-14,23,25,28,30H,15H2,1H3,(H,26,29)/t23-/m1/s1. The Morgan fingerprint density at radius 2 is 1.73 bits per heavy atom. The number of nitrogens with one attached hydrogen (secondary N) is 2. The maximum atomic E-state index is 13.7. The van der Waals surface area contributed by atoms with Crippen LogP contribution in [-0.2, 0) is 21.4 Å². The van der Waals surface area contributed by atoms with E-state index in [4.69, 9.17) is 0 Å². The number of rotatable bonds is 7. The molecule has 1 heterocycles. The van der Waals surface area contributed by atoms with E-state index >= 15 is 0 Å². The zero-order chi connectivity index (χ0) is 23.6. The second-order valence-corrected chi connectivity index (χ2v) is 9.62. The van der Waals surface area contributed by atoms with Gasteiger partial charge in [-0.2, -0.15) is 4.31 Å². The molecule has 1 atom stereocenters. The molecule has 1 aromatic heterocycles. The van der Waals surface area contributed by atoms with Crippen LogP contribution >= 0.6 is 0 Å². The van der Waals surface area contributed by atoms with Crippen molar-refractivity contribution in [3.63, 3.8) is 0 Å². The van der Waals surface area contributed by atoms with Gasteiger partial charge in [-0.1, -0.05) is 35.9 Å². The van der Waals surface area contributed by atoms with E-state index in [-0.39, 0.29) is 17.2 Å². The fraction of sp³-hybridized carbons (Fsp3) is 0.125. The Bertz CT molecular complexity index is 1380. The van der Waals surface area contributed by atoms with Crippen LogP contribution in [0.4, 0.5) is 0 Å². The van der Waals surface area contributed by atoms with E-state index in [1.54, 1.807) is 42.0 Å². The molecule has 1 amide bonds. The molecule has 0 aliphatic heterocycles. The lowest BCUT2D eigenvalue weighted by Crippen LogP contribution is -2.42. The summed E-state index contributed by atoms with van der Waals surface area (Å²) in [5, 5.41) is 20.0. The number of nitrogens with zero attached hydrogens (tertiary/aromatic N) is 1. The first-order chi connectivity index (χ1) is 15.8. The molecule has 9 heteroatoms. The summed E-state index contributed by atoms with van der Waals surface area (Å²) in [6, 6.07) is 17.9. The van der Waals surface area contributed by atoms with Crippen molar-refractivity contribution in [2.45, 2.75) is 24.4 Å². The summed E-state index contributed by atoms with van der Waals surface area (Å²) in [6.07, 6.45) is 1.79. The third-order valence-electron chi connectivity index (χ3n) is 5.44. The molecule has 4 aromatic rings. The van der Waals surface area contributed by atoms with Gasteiger partial charge in [-0.05, 0) is 65.9 Å². The minimum absolute atomic E-state index is 0.0819. The summed E-state index contributed by atoms with van der Waals surface area (Å²) in [4.78, 5) is 15.8. The van der Waals surface area contributed by atoms with Crippen LogP contribution in [0.1, 0.15) is 22.7 Å². The molecule has 0 saturated carbocycles. The molecule has 3 aromatic carbocycles. The Hall–Kier alpha value is -3.66. The van der Waals surface area contributed by atoms with Gasteiger partial charge in [0.15, 0.2) is 0 Å². The topological polar surface area (TPSA) is 123 Å². The summed E-state index contributed by atoms with van der Waals surface area (Å²) in [6.45, 7) is 1.75. The number of hydrogen-bond acceptors (Lipinski definition) is 5. The molecule has 8 nitrogen and oxygen atoms in total. The van der Waals surface area contributed by atoms with Gasteiger partial charge in [0.2, 0.25) is 10.0 Å². The first kappa shape index (κ1) is 22.5. The van der Waals surface area contributed by atoms with Crippen LogP contribution in [0.2, 0.25) is 0 Å². The number of aromatic nitrogens is 1. The highest BCUT2D eigenvalue weighted by molar-refractivity contribution is 7.89. The average molecular weight is 466 g/mol.